The summed E-state index contributed by atoms with van der Waals surface area (Å²) in [5.74, 6) is -0.512. The highest BCUT2D eigenvalue weighted by molar-refractivity contribution is 6.07. The van der Waals surface area contributed by atoms with Crippen molar-refractivity contribution in [2.45, 2.75) is 6.92 Å². The van der Waals surface area contributed by atoms with Crippen LogP contribution in [0, 0.1) is 17.1 Å². The third-order valence-electron chi connectivity index (χ3n) is 1.92. The van der Waals surface area contributed by atoms with Gasteiger partial charge in [0.2, 0.25) is 0 Å². The van der Waals surface area contributed by atoms with Crippen LogP contribution in [-0.2, 0) is 9.53 Å². The fourth-order valence-electron chi connectivity index (χ4n) is 1.19. The Bertz CT molecular complexity index is 461. The zero-order valence-electron chi connectivity index (χ0n) is 8.74. The van der Waals surface area contributed by atoms with E-state index in [-0.39, 0.29) is 11.1 Å². The summed E-state index contributed by atoms with van der Waals surface area (Å²) in [5, 5.41) is 8.81. The summed E-state index contributed by atoms with van der Waals surface area (Å²) in [7, 11) is 0. The summed E-state index contributed by atoms with van der Waals surface area (Å²) in [5.41, 5.74) is 0.698. The molecular formula is C12H10FNO2. The zero-order chi connectivity index (χ0) is 12.0. The van der Waals surface area contributed by atoms with Crippen molar-refractivity contribution in [2.75, 3.05) is 6.61 Å². The number of nitriles is 1. The predicted octanol–water partition coefficient (Wildman–Crippen LogP) is 2.27. The molecule has 0 aromatic heterocycles. The van der Waals surface area contributed by atoms with Gasteiger partial charge in [-0.25, -0.2) is 4.39 Å². The summed E-state index contributed by atoms with van der Waals surface area (Å²) in [4.78, 5) is 10.8. The molecule has 82 valence electrons. The van der Waals surface area contributed by atoms with Gasteiger partial charge in [0.15, 0.2) is 6.29 Å². The van der Waals surface area contributed by atoms with Gasteiger partial charge in [0, 0.05) is 5.56 Å². The molecule has 0 bridgehead atoms. The van der Waals surface area contributed by atoms with Gasteiger partial charge in [0.05, 0.1) is 30.1 Å². The maximum Gasteiger partial charge on any atom is 0.153 e. The minimum atomic E-state index is -0.512. The van der Waals surface area contributed by atoms with E-state index in [2.05, 4.69) is 0 Å². The first-order valence-corrected chi connectivity index (χ1v) is 4.70. The first-order chi connectivity index (χ1) is 7.72. The van der Waals surface area contributed by atoms with Crippen molar-refractivity contribution in [2.24, 2.45) is 0 Å². The molecule has 1 rings (SSSR count). The number of benzene rings is 1. The van der Waals surface area contributed by atoms with Crippen LogP contribution >= 0.6 is 0 Å². The molecule has 0 fully saturated rings. The first-order valence-electron chi connectivity index (χ1n) is 4.70. The van der Waals surface area contributed by atoms with Crippen LogP contribution in [0.5, 0.6) is 0 Å². The van der Waals surface area contributed by atoms with Crippen molar-refractivity contribution in [3.05, 3.63) is 41.4 Å². The van der Waals surface area contributed by atoms with Crippen LogP contribution in [0.2, 0.25) is 0 Å². The molecule has 1 aromatic carbocycles. The van der Waals surface area contributed by atoms with E-state index < -0.39 is 5.82 Å². The Morgan fingerprint density at radius 1 is 1.62 bits per heavy atom. The molecule has 0 aliphatic rings. The van der Waals surface area contributed by atoms with Gasteiger partial charge in [-0.3, -0.25) is 4.79 Å². The molecule has 0 heterocycles. The van der Waals surface area contributed by atoms with Crippen molar-refractivity contribution in [3.63, 3.8) is 0 Å². The second-order valence-corrected chi connectivity index (χ2v) is 2.95. The highest BCUT2D eigenvalue weighted by Gasteiger charge is 2.08. The topological polar surface area (TPSA) is 50.1 Å². The molecule has 0 radical (unpaired) electrons. The average molecular weight is 219 g/mol. The second-order valence-electron chi connectivity index (χ2n) is 2.95. The molecule has 16 heavy (non-hydrogen) atoms. The maximum absolute atomic E-state index is 12.9. The van der Waals surface area contributed by atoms with Crippen molar-refractivity contribution in [3.8, 4) is 6.07 Å². The van der Waals surface area contributed by atoms with Gasteiger partial charge in [-0.1, -0.05) is 0 Å². The molecule has 0 aliphatic carbocycles. The van der Waals surface area contributed by atoms with Crippen LogP contribution in [0.4, 0.5) is 4.39 Å². The lowest BCUT2D eigenvalue weighted by molar-refractivity contribution is -0.103. The minimum Gasteiger partial charge on any atom is -0.501 e. The monoisotopic (exact) mass is 219 g/mol. The Kier molecular flexibility index (Phi) is 4.22. The van der Waals surface area contributed by atoms with E-state index in [1.165, 1.54) is 18.4 Å². The molecule has 0 saturated heterocycles. The summed E-state index contributed by atoms with van der Waals surface area (Å²) in [6.45, 7) is 2.19. The van der Waals surface area contributed by atoms with E-state index in [9.17, 15) is 9.18 Å². The van der Waals surface area contributed by atoms with Crippen LogP contribution < -0.4 is 0 Å². The lowest BCUT2D eigenvalue weighted by Crippen LogP contribution is -1.94. The number of hydrogen-bond acceptors (Lipinski definition) is 3. The number of hydrogen-bond donors (Lipinski definition) is 0. The minimum absolute atomic E-state index is 0.109. The van der Waals surface area contributed by atoms with Gasteiger partial charge in [-0.05, 0) is 25.1 Å². The molecule has 3 nitrogen and oxygen atoms in total. The average Bonchev–Trinajstić information content (AvgIpc) is 2.31. The molecule has 1 aromatic rings. The quantitative estimate of drug-likeness (QED) is 0.443. The van der Waals surface area contributed by atoms with Crippen molar-refractivity contribution in [1.29, 1.82) is 5.26 Å². The van der Waals surface area contributed by atoms with Crippen LogP contribution in [0.15, 0.2) is 24.5 Å². The Hall–Kier alpha value is -2.15. The lowest BCUT2D eigenvalue weighted by Gasteiger charge is -2.03. The van der Waals surface area contributed by atoms with Gasteiger partial charge in [-0.2, -0.15) is 5.26 Å². The maximum atomic E-state index is 12.9. The van der Waals surface area contributed by atoms with Crippen LogP contribution in [0.25, 0.3) is 5.57 Å². The Morgan fingerprint density at radius 3 is 2.94 bits per heavy atom. The fourth-order valence-corrected chi connectivity index (χ4v) is 1.19. The molecule has 0 saturated carbocycles. The number of carbonyl (C=O) groups excluding carboxylic acids is 1. The summed E-state index contributed by atoms with van der Waals surface area (Å²) in [6.07, 6.45) is 1.84. The first kappa shape index (κ1) is 11.9. The van der Waals surface area contributed by atoms with E-state index in [1.54, 1.807) is 6.92 Å². The number of halogens is 1. The molecule has 0 N–H and O–H groups in total. The molecule has 0 atom stereocenters. The molecule has 0 unspecified atom stereocenters. The van der Waals surface area contributed by atoms with E-state index in [4.69, 9.17) is 10.00 Å². The molecule has 0 amide bonds. The van der Waals surface area contributed by atoms with E-state index in [0.717, 1.165) is 6.07 Å². The molecule has 4 heteroatoms. The number of rotatable bonds is 4. The number of allylic oxidation sites excluding steroid dienone is 1. The van der Waals surface area contributed by atoms with Gasteiger partial charge in [-0.15, -0.1) is 0 Å². The van der Waals surface area contributed by atoms with Gasteiger partial charge in [0.25, 0.3) is 0 Å². The highest BCUT2D eigenvalue weighted by Crippen LogP contribution is 2.18. The van der Waals surface area contributed by atoms with E-state index >= 15 is 0 Å². The van der Waals surface area contributed by atoms with Gasteiger partial charge >= 0.3 is 0 Å². The predicted molar refractivity (Wildman–Crippen MR) is 56.8 cm³/mol. The van der Waals surface area contributed by atoms with Gasteiger partial charge < -0.3 is 4.74 Å². The lowest BCUT2D eigenvalue weighted by atomic mass is 10.0. The standard InChI is InChI=1S/C12H10FNO2/c1-2-16-8-10(7-15)12-4-3-11(13)5-9(12)6-14/h3-5,7-8H,2H2,1H3. The van der Waals surface area contributed by atoms with Crippen LogP contribution in [-0.4, -0.2) is 12.9 Å². The Balaban J connectivity index is 3.20. The third-order valence-corrected chi connectivity index (χ3v) is 1.92. The van der Waals surface area contributed by atoms with Crippen molar-refractivity contribution in [1.82, 2.24) is 0 Å². The number of carbonyl (C=O) groups is 1. The number of aldehydes is 1. The summed E-state index contributed by atoms with van der Waals surface area (Å²) in [6, 6.07) is 5.49. The zero-order valence-corrected chi connectivity index (χ0v) is 8.74. The van der Waals surface area contributed by atoms with E-state index in [1.807, 2.05) is 6.07 Å². The number of nitrogens with zero attached hydrogens (tertiary/aromatic N) is 1. The van der Waals surface area contributed by atoms with Crippen LogP contribution in [0.1, 0.15) is 18.1 Å². The Morgan fingerprint density at radius 2 is 2.38 bits per heavy atom. The fraction of sp³-hybridized carbons (Fsp3) is 0.167. The van der Waals surface area contributed by atoms with Crippen molar-refractivity contribution < 1.29 is 13.9 Å². The SMILES string of the molecule is CCOC=C(C=O)c1ccc(F)cc1C#N. The Labute approximate surface area is 92.8 Å². The number of ether oxygens (including phenoxy) is 1. The normalized spacial score (nSPS) is 10.7. The molecule has 0 aliphatic heterocycles. The molecule has 0 spiro atoms. The second kappa shape index (κ2) is 5.66. The summed E-state index contributed by atoms with van der Waals surface area (Å²) < 4.78 is 17.8. The highest BCUT2D eigenvalue weighted by atomic mass is 19.1. The van der Waals surface area contributed by atoms with Gasteiger partial charge in [0.1, 0.15) is 5.82 Å². The van der Waals surface area contributed by atoms with Crippen molar-refractivity contribution >= 4 is 11.9 Å². The summed E-state index contributed by atoms with van der Waals surface area (Å²) >= 11 is 0. The smallest absolute Gasteiger partial charge is 0.153 e. The molecular weight excluding hydrogens is 209 g/mol. The third kappa shape index (κ3) is 2.67. The van der Waals surface area contributed by atoms with E-state index in [0.29, 0.717) is 18.5 Å². The van der Waals surface area contributed by atoms with Crippen LogP contribution in [0.3, 0.4) is 0 Å². The largest absolute Gasteiger partial charge is 0.501 e.